The van der Waals surface area contributed by atoms with Crippen LogP contribution in [0.1, 0.15) is 12.5 Å². The summed E-state index contributed by atoms with van der Waals surface area (Å²) in [6.07, 6.45) is 0. The number of nitrogens with zero attached hydrogens (tertiary/aromatic N) is 1. The molecule has 0 saturated carbocycles. The zero-order valence-electron chi connectivity index (χ0n) is 10.3. The Kier molecular flexibility index (Phi) is 4.67. The molecule has 1 rings (SSSR count). The van der Waals surface area contributed by atoms with Crippen molar-refractivity contribution in [1.29, 1.82) is 0 Å². The Bertz CT molecular complexity index is 450. The highest BCUT2D eigenvalue weighted by molar-refractivity contribution is 9.10. The van der Waals surface area contributed by atoms with Crippen LogP contribution in [0.2, 0.25) is 0 Å². The number of carbonyl (C=O) groups is 1. The van der Waals surface area contributed by atoms with E-state index in [2.05, 4.69) is 20.7 Å². The fourth-order valence-electron chi connectivity index (χ4n) is 1.47. The zero-order chi connectivity index (χ0) is 13.9. The molecule has 0 aliphatic rings. The van der Waals surface area contributed by atoms with Crippen LogP contribution in [0.4, 0.5) is 14.5 Å². The molecule has 100 valence electrons. The van der Waals surface area contributed by atoms with Gasteiger partial charge in [-0.1, -0.05) is 15.9 Å². The lowest BCUT2D eigenvalue weighted by atomic mass is 10.1. The van der Waals surface area contributed by atoms with Crippen molar-refractivity contribution in [2.75, 3.05) is 25.6 Å². The lowest BCUT2D eigenvalue weighted by Gasteiger charge is -2.22. The summed E-state index contributed by atoms with van der Waals surface area (Å²) in [4.78, 5) is 12.8. The summed E-state index contributed by atoms with van der Waals surface area (Å²) in [5.74, 6) is -5.19. The van der Waals surface area contributed by atoms with Gasteiger partial charge in [0.15, 0.2) is 0 Å². The molecule has 0 radical (unpaired) electrons. The average Bonchev–Trinajstić information content (AvgIpc) is 2.28. The molecule has 6 heteroatoms. The molecule has 0 aliphatic carbocycles. The number of hydrogen-bond donors (Lipinski definition) is 0. The summed E-state index contributed by atoms with van der Waals surface area (Å²) < 4.78 is 33.0. The van der Waals surface area contributed by atoms with Crippen LogP contribution in [0.25, 0.3) is 0 Å². The van der Waals surface area contributed by atoms with Gasteiger partial charge in [0.1, 0.15) is 0 Å². The maximum Gasteiger partial charge on any atom is 0.382 e. The Balaban J connectivity index is 3.27. The minimum absolute atomic E-state index is 0.0811. The van der Waals surface area contributed by atoms with E-state index >= 15 is 0 Å². The number of benzene rings is 1. The van der Waals surface area contributed by atoms with Crippen LogP contribution in [-0.4, -0.2) is 26.7 Å². The van der Waals surface area contributed by atoms with E-state index in [0.29, 0.717) is 4.47 Å². The highest BCUT2D eigenvalue weighted by Gasteiger charge is 2.44. The number of ether oxygens (including phenoxy) is 1. The number of rotatable bonds is 4. The summed E-state index contributed by atoms with van der Waals surface area (Å²) in [6.45, 7) is 1.41. The number of halogens is 3. The van der Waals surface area contributed by atoms with Crippen molar-refractivity contribution in [3.8, 4) is 0 Å². The lowest BCUT2D eigenvalue weighted by molar-refractivity contribution is -0.173. The first-order chi connectivity index (χ1) is 8.30. The van der Waals surface area contributed by atoms with E-state index in [-0.39, 0.29) is 17.9 Å². The Hall–Kier alpha value is -1.17. The number of hydrogen-bond acceptors (Lipinski definition) is 3. The standard InChI is InChI=1S/C12H14BrF2NO2/c1-4-18-11(17)12(14,15)9-6-5-8(13)7-10(9)16(2)3/h5-7H,4H2,1-3H3. The summed E-state index contributed by atoms with van der Waals surface area (Å²) in [7, 11) is 3.26. The van der Waals surface area contributed by atoms with Gasteiger partial charge >= 0.3 is 11.9 Å². The van der Waals surface area contributed by atoms with Gasteiger partial charge in [-0.15, -0.1) is 0 Å². The van der Waals surface area contributed by atoms with Crippen LogP contribution in [0, 0.1) is 0 Å². The largest absolute Gasteiger partial charge is 0.461 e. The van der Waals surface area contributed by atoms with Gasteiger partial charge in [0.2, 0.25) is 0 Å². The van der Waals surface area contributed by atoms with Gasteiger partial charge in [0, 0.05) is 24.3 Å². The summed E-state index contributed by atoms with van der Waals surface area (Å²) in [6, 6.07) is 4.22. The van der Waals surface area contributed by atoms with Crippen molar-refractivity contribution in [1.82, 2.24) is 0 Å². The third kappa shape index (κ3) is 2.98. The molecule has 0 atom stereocenters. The second-order valence-electron chi connectivity index (χ2n) is 3.85. The predicted octanol–water partition coefficient (Wildman–Crippen LogP) is 3.17. The van der Waals surface area contributed by atoms with Crippen LogP contribution in [0.3, 0.4) is 0 Å². The van der Waals surface area contributed by atoms with Crippen molar-refractivity contribution in [2.45, 2.75) is 12.8 Å². The fourth-order valence-corrected chi connectivity index (χ4v) is 1.82. The molecule has 0 spiro atoms. The molecule has 0 aliphatic heterocycles. The molecule has 0 aromatic heterocycles. The van der Waals surface area contributed by atoms with E-state index in [1.54, 1.807) is 14.1 Å². The van der Waals surface area contributed by atoms with Crippen molar-refractivity contribution in [3.05, 3.63) is 28.2 Å². The number of carbonyl (C=O) groups excluding carboxylic acids is 1. The van der Waals surface area contributed by atoms with Gasteiger partial charge in [-0.25, -0.2) is 4.79 Å². The summed E-state index contributed by atoms with van der Waals surface area (Å²) >= 11 is 3.21. The maximum absolute atomic E-state index is 14.0. The topological polar surface area (TPSA) is 29.5 Å². The molecule has 0 bridgehead atoms. The number of esters is 1. The highest BCUT2D eigenvalue weighted by atomic mass is 79.9. The maximum atomic E-state index is 14.0. The molecular formula is C12H14BrF2NO2. The second kappa shape index (κ2) is 5.65. The van der Waals surface area contributed by atoms with Gasteiger partial charge in [-0.3, -0.25) is 0 Å². The van der Waals surface area contributed by atoms with Crippen molar-refractivity contribution in [3.63, 3.8) is 0 Å². The SMILES string of the molecule is CCOC(=O)C(F)(F)c1ccc(Br)cc1N(C)C. The molecule has 0 saturated heterocycles. The van der Waals surface area contributed by atoms with Crippen LogP contribution in [-0.2, 0) is 15.5 Å². The molecule has 1 aromatic carbocycles. The monoisotopic (exact) mass is 321 g/mol. The van der Waals surface area contributed by atoms with Crippen molar-refractivity contribution >= 4 is 27.6 Å². The van der Waals surface area contributed by atoms with Gasteiger partial charge in [0.25, 0.3) is 0 Å². The minimum atomic E-state index is -3.66. The Morgan fingerprint density at radius 2 is 2.06 bits per heavy atom. The first-order valence-electron chi connectivity index (χ1n) is 5.33. The summed E-state index contributed by atoms with van der Waals surface area (Å²) in [5.41, 5.74) is -0.100. The first kappa shape index (κ1) is 14.9. The van der Waals surface area contributed by atoms with Gasteiger partial charge in [0.05, 0.1) is 12.2 Å². The third-order valence-electron chi connectivity index (χ3n) is 2.31. The van der Waals surface area contributed by atoms with E-state index in [1.807, 2.05) is 0 Å². The summed E-state index contributed by atoms with van der Waals surface area (Å²) in [5, 5.41) is 0. The van der Waals surface area contributed by atoms with E-state index in [9.17, 15) is 13.6 Å². The van der Waals surface area contributed by atoms with Gasteiger partial charge in [-0.2, -0.15) is 8.78 Å². The van der Waals surface area contributed by atoms with Gasteiger partial charge in [-0.05, 0) is 25.1 Å². The molecule has 0 amide bonds. The fraction of sp³-hybridized carbons (Fsp3) is 0.417. The average molecular weight is 322 g/mol. The number of alkyl halides is 2. The third-order valence-corrected chi connectivity index (χ3v) is 2.80. The molecule has 1 aromatic rings. The first-order valence-corrected chi connectivity index (χ1v) is 6.12. The normalized spacial score (nSPS) is 11.2. The van der Waals surface area contributed by atoms with E-state index in [1.165, 1.54) is 30.0 Å². The van der Waals surface area contributed by atoms with Crippen molar-refractivity contribution in [2.24, 2.45) is 0 Å². The Morgan fingerprint density at radius 3 is 2.56 bits per heavy atom. The molecule has 0 N–H and O–H groups in total. The van der Waals surface area contributed by atoms with Crippen LogP contribution in [0.5, 0.6) is 0 Å². The molecular weight excluding hydrogens is 308 g/mol. The predicted molar refractivity (Wildman–Crippen MR) is 69.0 cm³/mol. The zero-order valence-corrected chi connectivity index (χ0v) is 11.9. The number of anilines is 1. The molecule has 3 nitrogen and oxygen atoms in total. The van der Waals surface area contributed by atoms with Crippen LogP contribution >= 0.6 is 15.9 Å². The van der Waals surface area contributed by atoms with E-state index in [0.717, 1.165) is 0 Å². The highest BCUT2D eigenvalue weighted by Crippen LogP contribution is 2.37. The van der Waals surface area contributed by atoms with Crippen LogP contribution in [0.15, 0.2) is 22.7 Å². The molecule has 0 fully saturated rings. The molecule has 18 heavy (non-hydrogen) atoms. The van der Waals surface area contributed by atoms with Gasteiger partial charge < -0.3 is 9.64 Å². The minimum Gasteiger partial charge on any atom is -0.461 e. The quantitative estimate of drug-likeness (QED) is 0.798. The van der Waals surface area contributed by atoms with Crippen molar-refractivity contribution < 1.29 is 18.3 Å². The van der Waals surface area contributed by atoms with E-state index < -0.39 is 11.9 Å². The Labute approximate surface area is 113 Å². The van der Waals surface area contributed by atoms with E-state index in [4.69, 9.17) is 0 Å². The second-order valence-corrected chi connectivity index (χ2v) is 4.77. The van der Waals surface area contributed by atoms with Crippen LogP contribution < -0.4 is 4.90 Å². The Morgan fingerprint density at radius 1 is 1.44 bits per heavy atom. The smallest absolute Gasteiger partial charge is 0.382 e. The lowest BCUT2D eigenvalue weighted by Crippen LogP contribution is -2.30. The molecule has 0 unspecified atom stereocenters. The molecule has 0 heterocycles.